The van der Waals surface area contributed by atoms with Gasteiger partial charge in [-0.2, -0.15) is 0 Å². The van der Waals surface area contributed by atoms with Gasteiger partial charge in [-0.1, -0.05) is 43.7 Å². The summed E-state index contributed by atoms with van der Waals surface area (Å²) < 4.78 is 5.36. The molecule has 0 saturated heterocycles. The van der Waals surface area contributed by atoms with Crippen LogP contribution in [0.25, 0.3) is 10.9 Å². The lowest BCUT2D eigenvalue weighted by molar-refractivity contribution is -0.148. The van der Waals surface area contributed by atoms with Crippen molar-refractivity contribution in [2.75, 3.05) is 0 Å². The summed E-state index contributed by atoms with van der Waals surface area (Å²) in [6, 6.07) is 11.6. The molecule has 0 spiro atoms. The van der Waals surface area contributed by atoms with Gasteiger partial charge in [-0.3, -0.25) is 9.59 Å². The summed E-state index contributed by atoms with van der Waals surface area (Å²) in [5.41, 5.74) is 2.65. The van der Waals surface area contributed by atoms with Gasteiger partial charge in [-0.05, 0) is 43.5 Å². The Morgan fingerprint density at radius 2 is 1.80 bits per heavy atom. The molecule has 0 aliphatic rings. The number of rotatable bonds is 6. The van der Waals surface area contributed by atoms with E-state index in [1.807, 2.05) is 45.9 Å². The number of nitrogens with zero attached hydrogens (tertiary/aromatic N) is 1. The number of nitrogens with one attached hydrogen (secondary N) is 2. The van der Waals surface area contributed by atoms with E-state index >= 15 is 0 Å². The Morgan fingerprint density at radius 1 is 1.10 bits per heavy atom. The van der Waals surface area contributed by atoms with Crippen molar-refractivity contribution in [2.24, 2.45) is 5.92 Å². The maximum atomic E-state index is 12.6. The molecule has 0 unspecified atom stereocenters. The van der Waals surface area contributed by atoms with Crippen LogP contribution < -0.4 is 10.9 Å². The summed E-state index contributed by atoms with van der Waals surface area (Å²) in [7, 11) is 0. The first kappa shape index (κ1) is 21.2. The van der Waals surface area contributed by atoms with E-state index in [2.05, 4.69) is 15.3 Å². The van der Waals surface area contributed by atoms with Gasteiger partial charge in [0.1, 0.15) is 18.5 Å². The maximum Gasteiger partial charge on any atom is 0.329 e. The smallest absolute Gasteiger partial charge is 0.329 e. The number of H-pyrrole nitrogens is 1. The molecule has 1 amide bonds. The standard InChI is InChI=1S/C23H25N3O4/c1-13(2)19(26-21(27)16-10-8-14(3)9-11-16)23(29)30-12-18-24-20-15(4)6-5-7-17(20)22(28)25-18/h5-11,13,19H,12H2,1-4H3,(H,26,27)(H,24,25,28)/t19-/m0/s1. The Morgan fingerprint density at radius 3 is 2.47 bits per heavy atom. The quantitative estimate of drug-likeness (QED) is 0.612. The lowest BCUT2D eigenvalue weighted by Crippen LogP contribution is -2.45. The summed E-state index contributed by atoms with van der Waals surface area (Å²) in [4.78, 5) is 44.5. The largest absolute Gasteiger partial charge is 0.456 e. The second kappa shape index (κ2) is 8.90. The highest BCUT2D eigenvalue weighted by atomic mass is 16.5. The highest BCUT2D eigenvalue weighted by Gasteiger charge is 2.26. The van der Waals surface area contributed by atoms with Crippen LogP contribution in [0, 0.1) is 19.8 Å². The SMILES string of the molecule is Cc1ccc(C(=O)N[C@H](C(=O)OCc2nc3c(C)cccc3c(=O)[nH]2)C(C)C)cc1. The van der Waals surface area contributed by atoms with E-state index in [0.717, 1.165) is 11.1 Å². The van der Waals surface area contributed by atoms with Crippen molar-refractivity contribution in [1.29, 1.82) is 0 Å². The van der Waals surface area contributed by atoms with Crippen LogP contribution in [0.15, 0.2) is 47.3 Å². The van der Waals surface area contributed by atoms with Crippen LogP contribution in [0.2, 0.25) is 0 Å². The molecule has 0 saturated carbocycles. The van der Waals surface area contributed by atoms with Gasteiger partial charge in [0.15, 0.2) is 0 Å². The molecular formula is C23H25N3O4. The second-order valence-electron chi connectivity index (χ2n) is 7.65. The van der Waals surface area contributed by atoms with Crippen LogP contribution in [-0.2, 0) is 16.1 Å². The third-order valence-corrected chi connectivity index (χ3v) is 4.86. The number of carbonyl (C=O) groups is 2. The van der Waals surface area contributed by atoms with Crippen molar-refractivity contribution in [3.8, 4) is 0 Å². The fourth-order valence-electron chi connectivity index (χ4n) is 3.08. The number of fused-ring (bicyclic) bond motifs is 1. The number of hydrogen-bond acceptors (Lipinski definition) is 5. The molecule has 30 heavy (non-hydrogen) atoms. The van der Waals surface area contributed by atoms with Gasteiger partial charge in [-0.25, -0.2) is 9.78 Å². The first-order valence-electron chi connectivity index (χ1n) is 9.79. The molecule has 7 nitrogen and oxygen atoms in total. The Bertz CT molecular complexity index is 1130. The Balaban J connectivity index is 1.72. The number of para-hydroxylation sites is 1. The van der Waals surface area contributed by atoms with Crippen LogP contribution in [-0.4, -0.2) is 27.9 Å². The molecule has 3 rings (SSSR count). The van der Waals surface area contributed by atoms with E-state index in [4.69, 9.17) is 4.74 Å². The number of benzene rings is 2. The minimum Gasteiger partial charge on any atom is -0.456 e. The maximum absolute atomic E-state index is 12.6. The van der Waals surface area contributed by atoms with Crippen LogP contribution in [0.1, 0.15) is 41.2 Å². The molecule has 0 fully saturated rings. The number of aryl methyl sites for hydroxylation is 2. The molecule has 3 aromatic rings. The molecule has 7 heteroatoms. The van der Waals surface area contributed by atoms with Gasteiger partial charge < -0.3 is 15.0 Å². The van der Waals surface area contributed by atoms with Crippen LogP contribution in [0.4, 0.5) is 0 Å². The zero-order chi connectivity index (χ0) is 21.8. The Kier molecular flexibility index (Phi) is 6.30. The summed E-state index contributed by atoms with van der Waals surface area (Å²) >= 11 is 0. The third kappa shape index (κ3) is 4.74. The van der Waals surface area contributed by atoms with Crippen LogP contribution in [0.3, 0.4) is 0 Å². The molecule has 2 N–H and O–H groups in total. The summed E-state index contributed by atoms with van der Waals surface area (Å²) in [5.74, 6) is -0.864. The number of aromatic nitrogens is 2. The van der Waals surface area contributed by atoms with Crippen molar-refractivity contribution >= 4 is 22.8 Å². The van der Waals surface area contributed by atoms with Gasteiger partial charge in [0.2, 0.25) is 0 Å². The number of esters is 1. The van der Waals surface area contributed by atoms with E-state index < -0.39 is 12.0 Å². The first-order valence-corrected chi connectivity index (χ1v) is 9.79. The van der Waals surface area contributed by atoms with Crippen molar-refractivity contribution < 1.29 is 14.3 Å². The highest BCUT2D eigenvalue weighted by Crippen LogP contribution is 2.13. The van der Waals surface area contributed by atoms with Gasteiger partial charge in [0, 0.05) is 5.56 Å². The lowest BCUT2D eigenvalue weighted by atomic mass is 10.0. The minimum absolute atomic E-state index is 0.183. The molecule has 0 aliphatic carbocycles. The fraction of sp³-hybridized carbons (Fsp3) is 0.304. The van der Waals surface area contributed by atoms with E-state index in [9.17, 15) is 14.4 Å². The normalized spacial score (nSPS) is 12.0. The van der Waals surface area contributed by atoms with Crippen molar-refractivity contribution in [3.63, 3.8) is 0 Å². The zero-order valence-corrected chi connectivity index (χ0v) is 17.5. The van der Waals surface area contributed by atoms with Crippen LogP contribution >= 0.6 is 0 Å². The average molecular weight is 407 g/mol. The highest BCUT2D eigenvalue weighted by molar-refractivity contribution is 5.96. The number of aromatic amines is 1. The van der Waals surface area contributed by atoms with E-state index in [1.54, 1.807) is 24.3 Å². The zero-order valence-electron chi connectivity index (χ0n) is 17.5. The van der Waals surface area contributed by atoms with Gasteiger partial charge in [0.05, 0.1) is 10.9 Å². The number of amides is 1. The van der Waals surface area contributed by atoms with Gasteiger partial charge >= 0.3 is 5.97 Å². The molecule has 0 aliphatic heterocycles. The topological polar surface area (TPSA) is 101 Å². The van der Waals surface area contributed by atoms with Crippen molar-refractivity contribution in [1.82, 2.24) is 15.3 Å². The molecule has 0 bridgehead atoms. The summed E-state index contributed by atoms with van der Waals surface area (Å²) in [5, 5.41) is 3.21. The molecule has 0 radical (unpaired) electrons. The molecule has 1 aromatic heterocycles. The predicted octanol–water partition coefficient (Wildman–Crippen LogP) is 3.04. The third-order valence-electron chi connectivity index (χ3n) is 4.86. The van der Waals surface area contributed by atoms with E-state index in [1.165, 1.54) is 0 Å². The molecular weight excluding hydrogens is 382 g/mol. The minimum atomic E-state index is -0.826. The lowest BCUT2D eigenvalue weighted by Gasteiger charge is -2.21. The molecule has 1 atom stereocenters. The summed E-state index contributed by atoms with van der Waals surface area (Å²) in [6.45, 7) is 7.24. The summed E-state index contributed by atoms with van der Waals surface area (Å²) in [6.07, 6.45) is 0. The predicted molar refractivity (Wildman–Crippen MR) is 114 cm³/mol. The van der Waals surface area contributed by atoms with Gasteiger partial charge in [-0.15, -0.1) is 0 Å². The van der Waals surface area contributed by atoms with Crippen molar-refractivity contribution in [3.05, 3.63) is 75.3 Å². The monoisotopic (exact) mass is 407 g/mol. The fourth-order valence-corrected chi connectivity index (χ4v) is 3.08. The van der Waals surface area contributed by atoms with E-state index in [0.29, 0.717) is 16.5 Å². The Hall–Kier alpha value is -3.48. The molecule has 1 heterocycles. The number of hydrogen-bond donors (Lipinski definition) is 2. The number of ether oxygens (including phenoxy) is 1. The van der Waals surface area contributed by atoms with E-state index in [-0.39, 0.29) is 29.8 Å². The Labute approximate surface area is 174 Å². The average Bonchev–Trinajstić information content (AvgIpc) is 2.71. The molecule has 2 aromatic carbocycles. The molecule has 156 valence electrons. The van der Waals surface area contributed by atoms with Crippen LogP contribution in [0.5, 0.6) is 0 Å². The van der Waals surface area contributed by atoms with Crippen molar-refractivity contribution in [2.45, 2.75) is 40.3 Å². The first-order chi connectivity index (χ1) is 14.3. The second-order valence-corrected chi connectivity index (χ2v) is 7.65. The number of carbonyl (C=O) groups excluding carboxylic acids is 2. The van der Waals surface area contributed by atoms with Gasteiger partial charge in [0.25, 0.3) is 11.5 Å².